The van der Waals surface area contributed by atoms with Crippen molar-refractivity contribution in [3.8, 4) is 11.5 Å². The molecule has 0 saturated carbocycles. The van der Waals surface area contributed by atoms with Gasteiger partial charge in [0.2, 0.25) is 88.6 Å². The van der Waals surface area contributed by atoms with Crippen LogP contribution < -0.4 is 58.9 Å². The van der Waals surface area contributed by atoms with E-state index in [1.807, 2.05) is 6.92 Å². The lowest BCUT2D eigenvalue weighted by molar-refractivity contribution is -0.152. The molecule has 7 aromatic rings. The molecule has 6 aromatic carbocycles. The summed E-state index contributed by atoms with van der Waals surface area (Å²) in [6.45, 7) is 7.30. The molecule has 1 aromatic heterocycles. The Morgan fingerprint density at radius 2 is 1.05 bits per heavy atom. The van der Waals surface area contributed by atoms with Gasteiger partial charge in [-0.3, -0.25) is 76.7 Å². The lowest BCUT2D eigenvalue weighted by atomic mass is 9.98. The smallest absolute Gasteiger partial charge is 0.305 e. The first-order valence-electron chi connectivity index (χ1n) is 45.9. The minimum Gasteiger partial charge on any atom is -0.508 e. The third-order valence-electron chi connectivity index (χ3n) is 25.1. The number of likely N-dealkylation sites (N-methyl/N-ethyl adjacent to an activating group) is 3. The van der Waals surface area contributed by atoms with Gasteiger partial charge >= 0.3 is 5.97 Å². The van der Waals surface area contributed by atoms with Crippen molar-refractivity contribution in [2.75, 3.05) is 65.4 Å². The normalized spacial score (nSPS) is 23.5. The van der Waals surface area contributed by atoms with Crippen molar-refractivity contribution in [2.24, 2.45) is 17.6 Å². The van der Waals surface area contributed by atoms with Gasteiger partial charge in [0.1, 0.15) is 90.0 Å². The number of carboxylic acids is 1. The molecular weight excluding hydrogens is 1790 g/mol. The summed E-state index contributed by atoms with van der Waals surface area (Å²) < 4.78 is 30.6. The number of H-pyrrole nitrogens is 1. The summed E-state index contributed by atoms with van der Waals surface area (Å²) in [5.41, 5.74) is 8.97. The van der Waals surface area contributed by atoms with Gasteiger partial charge in [-0.25, -0.2) is 8.78 Å². The molecule has 36 nitrogen and oxygen atoms in total. The van der Waals surface area contributed by atoms with Crippen LogP contribution in [0, 0.1) is 23.5 Å². The number of primary amides is 1. The molecule has 13 atom stereocenters. The molecule has 137 heavy (non-hydrogen) atoms. The van der Waals surface area contributed by atoms with Gasteiger partial charge in [-0.05, 0) is 118 Å². The maximum atomic E-state index is 15.9. The topological polar surface area (TPSA) is 512 Å². The number of nitrogens with two attached hydrogens (primary N) is 1. The highest BCUT2D eigenvalue weighted by atomic mass is 32.2. The van der Waals surface area contributed by atoms with Crippen LogP contribution in [-0.2, 0) is 122 Å². The summed E-state index contributed by atoms with van der Waals surface area (Å²) in [5.74, 6) is -20.5. The quantitative estimate of drug-likeness (QED) is 0.0437. The summed E-state index contributed by atoms with van der Waals surface area (Å²) in [5, 5.41) is 59.4. The average Bonchev–Trinajstić information content (AvgIpc) is 1.62. The van der Waals surface area contributed by atoms with E-state index < -0.39 is 227 Å². The fourth-order valence-corrected chi connectivity index (χ4v) is 18.3. The van der Waals surface area contributed by atoms with Crippen molar-refractivity contribution in [1.82, 2.24) is 82.7 Å². The maximum Gasteiger partial charge on any atom is 0.305 e. The van der Waals surface area contributed by atoms with Crippen molar-refractivity contribution in [3.63, 3.8) is 0 Å². The zero-order valence-electron chi connectivity index (χ0n) is 77.7. The van der Waals surface area contributed by atoms with Crippen LogP contribution in [0.15, 0.2) is 146 Å². The van der Waals surface area contributed by atoms with Gasteiger partial charge in [0, 0.05) is 115 Å². The van der Waals surface area contributed by atoms with Gasteiger partial charge in [-0.2, -0.15) is 0 Å². The number of amides is 15. The van der Waals surface area contributed by atoms with Crippen LogP contribution in [0.5, 0.6) is 11.5 Å². The fourth-order valence-electron chi connectivity index (χ4n) is 17.4. The molecule has 3 fully saturated rings. The number of carbonyl (C=O) groups excluding carboxylic acids is 15. The number of fused-ring (bicyclic) bond motifs is 4. The van der Waals surface area contributed by atoms with E-state index in [1.165, 1.54) is 79.5 Å². The number of carboxylic acid groups (broad SMARTS) is 1. The van der Waals surface area contributed by atoms with Crippen LogP contribution in [0.2, 0.25) is 0 Å². The summed E-state index contributed by atoms with van der Waals surface area (Å²) in [7, 11) is 3.92. The summed E-state index contributed by atoms with van der Waals surface area (Å²) >= 11 is 0.746. The van der Waals surface area contributed by atoms with E-state index in [4.69, 9.17) is 5.73 Å². The molecule has 0 bridgehead atoms. The molecule has 11 rings (SSSR count). The van der Waals surface area contributed by atoms with Crippen molar-refractivity contribution < 1.29 is 101 Å². The van der Waals surface area contributed by atoms with Crippen LogP contribution in [0.1, 0.15) is 124 Å². The molecule has 0 spiro atoms. The standard InChI is InChI=1S/C98H121F2N17O19S/c1-9-10-26-77-97(135)116-37-19-27-76(116)91(129)109-72(48-83(122)123)90(128)112-85(55(4)5)98(136)114(7)78(42-56-20-13-11-14-21-56)92(130)110-73(41-59-30-34-63(119)35-31-59)95(133)117-38-36-102-50-80(117)93(131)108-71(46-61-49-103-68-25-18-17-24-64(61)68)89(127)107-70(40-58-28-32-62(118)33-29-58)88(126)106-69(39-54(2)3)87(125)111-75(86(124)104-51-81(101)120)52-137-53-82(121)105-74(45-60-44-67(99)84(100)66-47-65(60)66)94(132)115(8)79(96(134)113(77)6)43-57-22-15-12-16-23-57/h11-18,20-25,28-35,44,49,54-55,69-80,85,102-103,118-119H,9-10,19,26-27,36-43,45-48,50-53H2,1-8H3,(H2,101,120)(H,104,124)(H,105,121)(H,106,126)(H,107,127)(H,108,131)(H,109,129)(H,110,130)(H,111,125)(H,112,128)(H,122,123)/t69-,70-,71-,72-,73-,74-,75-,76+,77-,78-,79?,80+,85-/m0/s1. The second kappa shape index (κ2) is 48.1. The number of nitrogens with zero attached hydrogens (tertiary/aromatic N) is 5. The van der Waals surface area contributed by atoms with Crippen molar-refractivity contribution in [3.05, 3.63) is 202 Å². The molecule has 0 radical (unpaired) electrons. The van der Waals surface area contributed by atoms with Crippen molar-refractivity contribution >= 4 is 117 Å². The number of rotatable bonds is 23. The number of hydrogen-bond acceptors (Lipinski definition) is 20. The molecule has 39 heteroatoms. The maximum absolute atomic E-state index is 15.9. The van der Waals surface area contributed by atoms with Gasteiger partial charge in [-0.1, -0.05) is 151 Å². The predicted molar refractivity (Wildman–Crippen MR) is 503 cm³/mol. The van der Waals surface area contributed by atoms with Crippen molar-refractivity contribution in [1.29, 1.82) is 0 Å². The molecule has 16 N–H and O–H groups in total. The molecule has 4 heterocycles. The zero-order valence-corrected chi connectivity index (χ0v) is 78.5. The van der Waals surface area contributed by atoms with E-state index in [0.29, 0.717) is 57.1 Å². The van der Waals surface area contributed by atoms with E-state index in [-0.39, 0.29) is 113 Å². The highest BCUT2D eigenvalue weighted by Crippen LogP contribution is 2.37. The van der Waals surface area contributed by atoms with Crippen molar-refractivity contribution in [2.45, 2.75) is 203 Å². The number of aromatic nitrogens is 1. The number of halogens is 2. The van der Waals surface area contributed by atoms with E-state index in [2.05, 4.69) is 58.2 Å². The number of aromatic amines is 1. The number of para-hydroxylation sites is 1. The number of aliphatic carboxylic acids is 1. The van der Waals surface area contributed by atoms with Crippen LogP contribution in [0.25, 0.3) is 10.9 Å². The highest BCUT2D eigenvalue weighted by molar-refractivity contribution is 8.00. The second-order valence-corrected chi connectivity index (χ2v) is 37.0. The highest BCUT2D eigenvalue weighted by Gasteiger charge is 2.47. The first-order chi connectivity index (χ1) is 65.4. The predicted octanol–water partition coefficient (Wildman–Crippen LogP) is 2.38. The van der Waals surface area contributed by atoms with Crippen LogP contribution in [-0.4, -0.2) is 283 Å². The van der Waals surface area contributed by atoms with Gasteiger partial charge in [0.25, 0.3) is 0 Å². The van der Waals surface area contributed by atoms with Crippen LogP contribution >= 0.6 is 11.8 Å². The number of phenolic OH excluding ortho intramolecular Hbond substituents is 2. The van der Waals surface area contributed by atoms with Gasteiger partial charge in [0.15, 0.2) is 11.6 Å². The molecule has 4 aliphatic rings. The van der Waals surface area contributed by atoms with Gasteiger partial charge in [0.05, 0.1) is 18.7 Å². The monoisotopic (exact) mass is 1910 g/mol. The van der Waals surface area contributed by atoms with Crippen LogP contribution in [0.4, 0.5) is 8.78 Å². The number of piperazine rings is 1. The molecular formula is C98H121F2N17O19S. The molecule has 3 saturated heterocycles. The third kappa shape index (κ3) is 27.7. The fraction of sp³-hybridized carbons (Fsp3) is 0.449. The number of phenols is 2. The Labute approximate surface area is 796 Å². The summed E-state index contributed by atoms with van der Waals surface area (Å²) in [6.07, 6.45) is -0.387. The Kier molecular flexibility index (Phi) is 36.4. The molecule has 1 unspecified atom stereocenters. The number of thioether (sulfide) groups is 1. The SMILES string of the molecule is CCCC[C@H]1C(=O)N2CCC[C@@H]2C(=O)N[C@@H](CC(=O)O)C(=O)N[C@@H](C(C)C)C(=O)N(C)[C@@H](Cc2ccccc2)C(=O)N[C@@H](Cc2ccc(O)cc2)C(=O)N2CCNC[C@@H]2C(=O)N[C@@H](Cc2c[nH]c3ccccc23)C(=O)N[C@@H](Cc2ccc(O)cc2)C(=O)N[C@@H](CC(C)C)C(=O)N[C@H](C(=O)NCC(N)=O)CSCC(=O)N[C@@H](Cc2cc(F)c(F)c3c2C3)C(=O)N(C)C(Cc2ccccc2)C(=O)N1C. The van der Waals surface area contributed by atoms with E-state index >= 15 is 56.7 Å². The molecule has 3 aliphatic heterocycles. The third-order valence-corrected chi connectivity index (χ3v) is 26.1. The number of benzene rings is 6. The zero-order chi connectivity index (χ0) is 99.2. The summed E-state index contributed by atoms with van der Waals surface area (Å²) in [6, 6.07) is 15.7. The number of nitrogens with one attached hydrogen (secondary N) is 11. The van der Waals surface area contributed by atoms with Gasteiger partial charge in [-0.15, -0.1) is 11.8 Å². The number of hydrogen-bond donors (Lipinski definition) is 15. The Morgan fingerprint density at radius 1 is 0.526 bits per heavy atom. The Bertz CT molecular complexity index is 5560. The second-order valence-electron chi connectivity index (χ2n) is 36.0. The first kappa shape index (κ1) is 104. The van der Waals surface area contributed by atoms with Crippen LogP contribution in [0.3, 0.4) is 0 Å². The largest absolute Gasteiger partial charge is 0.508 e. The first-order valence-corrected chi connectivity index (χ1v) is 47.1. The van der Waals surface area contributed by atoms with E-state index in [0.717, 1.165) is 32.5 Å². The molecule has 1 aliphatic carbocycles. The van der Waals surface area contributed by atoms with E-state index in [9.17, 15) is 44.1 Å². The summed E-state index contributed by atoms with van der Waals surface area (Å²) in [4.78, 5) is 249. The Hall–Kier alpha value is -13.9. The molecule has 15 amide bonds. The minimum atomic E-state index is -1.93. The number of aromatic hydroxyl groups is 2. The lowest BCUT2D eigenvalue weighted by Gasteiger charge is -2.39. The minimum absolute atomic E-state index is 0.00359. The number of unbranched alkanes of at least 4 members (excludes halogenated alkanes) is 1. The average molecular weight is 1910 g/mol. The lowest BCUT2D eigenvalue weighted by Crippen LogP contribution is -2.66. The van der Waals surface area contributed by atoms with Gasteiger partial charge < -0.3 is 104 Å². The molecule has 732 valence electrons. The number of carbonyl (C=O) groups is 16. The van der Waals surface area contributed by atoms with E-state index in [1.54, 1.807) is 119 Å². The Balaban J connectivity index is 0.989. The Morgan fingerprint density at radius 3 is 1.67 bits per heavy atom.